The van der Waals surface area contributed by atoms with E-state index in [1.54, 1.807) is 6.07 Å². The standard InChI is InChI=1S/C19H17ClN2O3/c20-17-4-5-21-18(24)15(17)8-12-2-1-3-14-16(12)10-22(19(14)25)9-11-6-13(23)7-11/h1-5,11H,6-10H2,(H,21,24). The second kappa shape index (κ2) is 6.15. The number of halogens is 1. The smallest absolute Gasteiger partial charge is 0.254 e. The first kappa shape index (κ1) is 16.1. The van der Waals surface area contributed by atoms with Crippen molar-refractivity contribution in [1.82, 2.24) is 9.88 Å². The number of hydrogen-bond donors (Lipinski definition) is 1. The number of nitrogens with zero attached hydrogens (tertiary/aromatic N) is 1. The largest absolute Gasteiger partial charge is 0.334 e. The van der Waals surface area contributed by atoms with Crippen molar-refractivity contribution in [3.8, 4) is 0 Å². The highest BCUT2D eigenvalue weighted by Crippen LogP contribution is 2.31. The number of carbonyl (C=O) groups is 2. The second-order valence-corrected chi connectivity index (χ2v) is 7.16. The average molecular weight is 357 g/mol. The summed E-state index contributed by atoms with van der Waals surface area (Å²) >= 11 is 6.17. The highest BCUT2D eigenvalue weighted by molar-refractivity contribution is 6.31. The molecule has 2 aliphatic rings. The first-order valence-corrected chi connectivity index (χ1v) is 8.68. The molecule has 5 nitrogen and oxygen atoms in total. The van der Waals surface area contributed by atoms with Crippen LogP contribution in [0.15, 0.2) is 35.3 Å². The summed E-state index contributed by atoms with van der Waals surface area (Å²) in [6.07, 6.45) is 3.06. The molecule has 0 unspecified atom stereocenters. The molecule has 2 heterocycles. The maximum absolute atomic E-state index is 12.6. The Bertz CT molecular complexity index is 927. The molecule has 6 heteroatoms. The number of hydrogen-bond acceptors (Lipinski definition) is 3. The maximum Gasteiger partial charge on any atom is 0.254 e. The van der Waals surface area contributed by atoms with Crippen LogP contribution in [0.25, 0.3) is 0 Å². The summed E-state index contributed by atoms with van der Waals surface area (Å²) in [6.45, 7) is 1.14. The Morgan fingerprint density at radius 1 is 1.16 bits per heavy atom. The van der Waals surface area contributed by atoms with E-state index < -0.39 is 0 Å². The highest BCUT2D eigenvalue weighted by atomic mass is 35.5. The van der Waals surface area contributed by atoms with E-state index in [9.17, 15) is 14.4 Å². The SMILES string of the molecule is O=C1CC(CN2Cc3c(Cc4c(Cl)cc[nH]c4=O)cccc3C2=O)C1. The molecule has 0 saturated heterocycles. The van der Waals surface area contributed by atoms with Crippen LogP contribution in [-0.2, 0) is 17.8 Å². The molecular formula is C19H17ClN2O3. The molecule has 1 fully saturated rings. The van der Waals surface area contributed by atoms with Gasteiger partial charge in [-0.15, -0.1) is 0 Å². The van der Waals surface area contributed by atoms with Gasteiger partial charge in [0.15, 0.2) is 0 Å². The van der Waals surface area contributed by atoms with Crippen molar-refractivity contribution in [2.45, 2.75) is 25.8 Å². The van der Waals surface area contributed by atoms with E-state index in [0.717, 1.165) is 11.1 Å². The predicted octanol–water partition coefficient (Wildman–Crippen LogP) is 2.55. The van der Waals surface area contributed by atoms with Crippen LogP contribution < -0.4 is 5.56 Å². The molecule has 4 rings (SSSR count). The normalized spacial score (nSPS) is 16.9. The molecule has 1 aromatic carbocycles. The van der Waals surface area contributed by atoms with Crippen molar-refractivity contribution in [1.29, 1.82) is 0 Å². The maximum atomic E-state index is 12.6. The van der Waals surface area contributed by atoms with E-state index in [-0.39, 0.29) is 23.2 Å². The van der Waals surface area contributed by atoms with Crippen LogP contribution in [0.4, 0.5) is 0 Å². The van der Waals surface area contributed by atoms with Gasteiger partial charge in [0, 0.05) is 49.7 Å². The Kier molecular flexibility index (Phi) is 3.96. The third kappa shape index (κ3) is 2.89. The van der Waals surface area contributed by atoms with Gasteiger partial charge in [0.2, 0.25) is 0 Å². The topological polar surface area (TPSA) is 70.2 Å². The van der Waals surface area contributed by atoms with Crippen LogP contribution in [0.2, 0.25) is 5.02 Å². The van der Waals surface area contributed by atoms with Crippen molar-refractivity contribution in [2.24, 2.45) is 5.92 Å². The third-order valence-electron chi connectivity index (χ3n) is 5.02. The number of amides is 1. The van der Waals surface area contributed by atoms with Crippen LogP contribution in [0.5, 0.6) is 0 Å². The number of rotatable bonds is 4. The van der Waals surface area contributed by atoms with Crippen molar-refractivity contribution >= 4 is 23.3 Å². The summed E-state index contributed by atoms with van der Waals surface area (Å²) in [7, 11) is 0. The van der Waals surface area contributed by atoms with Crippen molar-refractivity contribution < 1.29 is 9.59 Å². The first-order chi connectivity index (χ1) is 12.0. The molecule has 1 amide bonds. The van der Waals surface area contributed by atoms with E-state index in [4.69, 9.17) is 11.6 Å². The van der Waals surface area contributed by atoms with Crippen LogP contribution >= 0.6 is 11.6 Å². The molecule has 128 valence electrons. The summed E-state index contributed by atoms with van der Waals surface area (Å²) in [5.74, 6) is 0.553. The zero-order valence-electron chi connectivity index (χ0n) is 13.5. The van der Waals surface area contributed by atoms with E-state index in [1.165, 1.54) is 6.20 Å². The fourth-order valence-corrected chi connectivity index (χ4v) is 3.85. The van der Waals surface area contributed by atoms with Crippen LogP contribution in [0.3, 0.4) is 0 Å². The minimum absolute atomic E-state index is 0.00395. The Morgan fingerprint density at radius 3 is 2.68 bits per heavy atom. The van der Waals surface area contributed by atoms with Crippen molar-refractivity contribution in [3.63, 3.8) is 0 Å². The zero-order valence-corrected chi connectivity index (χ0v) is 14.3. The number of pyridine rings is 1. The molecule has 0 bridgehead atoms. The lowest BCUT2D eigenvalue weighted by molar-refractivity contribution is -0.127. The molecule has 1 aromatic heterocycles. The summed E-state index contributed by atoms with van der Waals surface area (Å²) < 4.78 is 0. The number of carbonyl (C=O) groups excluding carboxylic acids is 2. The van der Waals surface area contributed by atoms with Gasteiger partial charge in [0.25, 0.3) is 11.5 Å². The van der Waals surface area contributed by atoms with Crippen LogP contribution in [0.1, 0.15) is 39.9 Å². The number of H-pyrrole nitrogens is 1. The number of fused-ring (bicyclic) bond motifs is 1. The van der Waals surface area contributed by atoms with Crippen LogP contribution in [0, 0.1) is 5.92 Å². The molecule has 0 radical (unpaired) electrons. The quantitative estimate of drug-likeness (QED) is 0.915. The summed E-state index contributed by atoms with van der Waals surface area (Å²) in [5.41, 5.74) is 2.88. The Balaban J connectivity index is 1.60. The summed E-state index contributed by atoms with van der Waals surface area (Å²) in [5, 5.41) is 0.426. The minimum Gasteiger partial charge on any atom is -0.334 e. The molecule has 1 N–H and O–H groups in total. The monoisotopic (exact) mass is 356 g/mol. The Morgan fingerprint density at radius 2 is 1.96 bits per heavy atom. The van der Waals surface area contributed by atoms with Gasteiger partial charge >= 0.3 is 0 Å². The number of nitrogens with one attached hydrogen (secondary N) is 1. The van der Waals surface area contributed by atoms with Gasteiger partial charge in [-0.1, -0.05) is 23.7 Å². The lowest BCUT2D eigenvalue weighted by atomic mass is 9.84. The zero-order chi connectivity index (χ0) is 17.6. The summed E-state index contributed by atoms with van der Waals surface area (Å²) in [4.78, 5) is 40.3. The fourth-order valence-electron chi connectivity index (χ4n) is 3.63. The molecule has 0 spiro atoms. The second-order valence-electron chi connectivity index (χ2n) is 6.75. The predicted molar refractivity (Wildman–Crippen MR) is 93.8 cm³/mol. The Hall–Kier alpha value is -2.40. The number of ketones is 1. The van der Waals surface area contributed by atoms with Gasteiger partial charge in [-0.25, -0.2) is 0 Å². The Labute approximate surface area is 149 Å². The van der Waals surface area contributed by atoms with E-state index in [0.29, 0.717) is 48.5 Å². The fraction of sp³-hybridized carbons (Fsp3) is 0.316. The number of aromatic nitrogens is 1. The van der Waals surface area contributed by atoms with Crippen molar-refractivity contribution in [2.75, 3.05) is 6.54 Å². The van der Waals surface area contributed by atoms with E-state index in [2.05, 4.69) is 4.98 Å². The van der Waals surface area contributed by atoms with Crippen LogP contribution in [-0.4, -0.2) is 28.1 Å². The lowest BCUT2D eigenvalue weighted by Gasteiger charge is -2.28. The number of benzene rings is 1. The van der Waals surface area contributed by atoms with Crippen molar-refractivity contribution in [3.05, 3.63) is 68.1 Å². The molecule has 1 saturated carbocycles. The highest BCUT2D eigenvalue weighted by Gasteiger charge is 2.34. The molecule has 2 aromatic rings. The minimum atomic E-state index is -0.209. The van der Waals surface area contributed by atoms with Gasteiger partial charge in [0.1, 0.15) is 5.78 Å². The average Bonchev–Trinajstić information content (AvgIpc) is 2.87. The molecule has 25 heavy (non-hydrogen) atoms. The number of Topliss-reactive ketones (excluding diaryl/α,β-unsaturated/α-hetero) is 1. The first-order valence-electron chi connectivity index (χ1n) is 8.30. The molecule has 1 aliphatic heterocycles. The number of aromatic amines is 1. The molecule has 1 aliphatic carbocycles. The summed E-state index contributed by atoms with van der Waals surface area (Å²) in [6, 6.07) is 7.26. The molecular weight excluding hydrogens is 340 g/mol. The lowest BCUT2D eigenvalue weighted by Crippen LogP contribution is -2.36. The van der Waals surface area contributed by atoms with Gasteiger partial charge < -0.3 is 9.88 Å². The van der Waals surface area contributed by atoms with E-state index >= 15 is 0 Å². The molecule has 0 atom stereocenters. The van der Waals surface area contributed by atoms with Gasteiger partial charge in [-0.05, 0) is 29.2 Å². The third-order valence-corrected chi connectivity index (χ3v) is 5.38. The van der Waals surface area contributed by atoms with Gasteiger partial charge in [-0.2, -0.15) is 0 Å². The van der Waals surface area contributed by atoms with E-state index in [1.807, 2.05) is 23.1 Å². The van der Waals surface area contributed by atoms with Gasteiger partial charge in [-0.3, -0.25) is 14.4 Å². The van der Waals surface area contributed by atoms with Gasteiger partial charge in [0.05, 0.1) is 5.02 Å².